The number of ether oxygens (including phenoxy) is 1. The van der Waals surface area contributed by atoms with Gasteiger partial charge in [-0.05, 0) is 0 Å². The summed E-state index contributed by atoms with van der Waals surface area (Å²) in [5.41, 5.74) is 0. The summed E-state index contributed by atoms with van der Waals surface area (Å²) in [7, 11) is 0. The maximum absolute atomic E-state index is 10.4. The Morgan fingerprint density at radius 2 is 2.09 bits per heavy atom. The number of hydrogen-bond acceptors (Lipinski definition) is 3. The van der Waals surface area contributed by atoms with Crippen molar-refractivity contribution in [2.45, 2.75) is 6.92 Å². The average molecular weight is 154 g/mol. The smallest absolute Gasteiger partial charge is 0.344 e. The highest BCUT2D eigenvalue weighted by Gasteiger charge is 1.94. The Balaban J connectivity index is 3.84. The van der Waals surface area contributed by atoms with Crippen molar-refractivity contribution < 1.29 is 19.4 Å². The van der Waals surface area contributed by atoms with Crippen molar-refractivity contribution in [2.24, 2.45) is 0 Å². The van der Waals surface area contributed by atoms with Gasteiger partial charge in [-0.15, -0.1) is 0 Å². The lowest BCUT2D eigenvalue weighted by Gasteiger charge is -1.84. The lowest BCUT2D eigenvalue weighted by Crippen LogP contribution is -1.96. The summed E-state index contributed by atoms with van der Waals surface area (Å²) < 4.78 is 4.19. The van der Waals surface area contributed by atoms with Gasteiger partial charge >= 0.3 is 11.9 Å². The van der Waals surface area contributed by atoms with Gasteiger partial charge in [0.15, 0.2) is 0 Å². The van der Waals surface area contributed by atoms with Gasteiger partial charge in [0.25, 0.3) is 0 Å². The van der Waals surface area contributed by atoms with Crippen LogP contribution in [-0.2, 0) is 14.3 Å². The molecule has 0 saturated heterocycles. The van der Waals surface area contributed by atoms with Crippen molar-refractivity contribution in [1.82, 2.24) is 0 Å². The quantitative estimate of drug-likeness (QED) is 0.349. The maximum atomic E-state index is 10.4. The Morgan fingerprint density at radius 3 is 2.55 bits per heavy atom. The summed E-state index contributed by atoms with van der Waals surface area (Å²) in [5.74, 6) is 0.319. The van der Waals surface area contributed by atoms with Crippen molar-refractivity contribution in [1.29, 1.82) is 0 Å². The van der Waals surface area contributed by atoms with E-state index in [2.05, 4.69) is 10.7 Å². The minimum absolute atomic E-state index is 0.680. The van der Waals surface area contributed by atoms with E-state index in [1.54, 1.807) is 0 Å². The molecule has 11 heavy (non-hydrogen) atoms. The largest absolute Gasteiger partial charge is 0.478 e. The molecular weight excluding hydrogens is 148 g/mol. The van der Waals surface area contributed by atoms with Gasteiger partial charge in [-0.1, -0.05) is 5.92 Å². The third-order valence-corrected chi connectivity index (χ3v) is 0.616. The maximum Gasteiger partial charge on any atom is 0.344 e. The second-order valence-electron chi connectivity index (χ2n) is 1.44. The number of carbonyl (C=O) groups excluding carboxylic acids is 1. The highest BCUT2D eigenvalue weighted by Crippen LogP contribution is 1.79. The highest BCUT2D eigenvalue weighted by molar-refractivity contribution is 5.91. The zero-order valence-electron chi connectivity index (χ0n) is 5.83. The third-order valence-electron chi connectivity index (χ3n) is 0.616. The molecule has 0 aromatic rings. The van der Waals surface area contributed by atoms with Gasteiger partial charge in [0.05, 0.1) is 0 Å². The van der Waals surface area contributed by atoms with Crippen LogP contribution in [0.5, 0.6) is 0 Å². The monoisotopic (exact) mass is 154 g/mol. The van der Waals surface area contributed by atoms with Crippen LogP contribution in [0.3, 0.4) is 0 Å². The van der Waals surface area contributed by atoms with Gasteiger partial charge < -0.3 is 9.84 Å². The van der Waals surface area contributed by atoms with Crippen LogP contribution in [0.4, 0.5) is 0 Å². The predicted octanol–water partition coefficient (Wildman–Crippen LogP) is 0.151. The third kappa shape index (κ3) is 6.12. The summed E-state index contributed by atoms with van der Waals surface area (Å²) in [6.45, 7) is 1.49. The number of carboxylic acids is 1. The second kappa shape index (κ2) is 5.06. The van der Waals surface area contributed by atoms with Crippen LogP contribution in [0.15, 0.2) is 12.2 Å². The van der Waals surface area contributed by atoms with Crippen LogP contribution in [-0.4, -0.2) is 17.0 Å². The zero-order chi connectivity index (χ0) is 8.69. The SMILES string of the molecule is CC#COC(=O)/C=C\C(=O)O. The topological polar surface area (TPSA) is 63.6 Å². The van der Waals surface area contributed by atoms with E-state index in [0.29, 0.717) is 6.08 Å². The molecule has 0 fully saturated rings. The minimum atomic E-state index is -1.20. The predicted molar refractivity (Wildman–Crippen MR) is 36.3 cm³/mol. The molecule has 0 heterocycles. The average Bonchev–Trinajstić information content (AvgIpc) is 1.97. The molecule has 0 aromatic heterocycles. The first-order chi connectivity index (χ1) is 5.16. The molecule has 0 aliphatic carbocycles. The van der Waals surface area contributed by atoms with E-state index in [1.165, 1.54) is 6.92 Å². The number of hydrogen-bond donors (Lipinski definition) is 1. The first-order valence-corrected chi connectivity index (χ1v) is 2.70. The van der Waals surface area contributed by atoms with Gasteiger partial charge in [-0.25, -0.2) is 9.59 Å². The first kappa shape index (κ1) is 9.24. The van der Waals surface area contributed by atoms with Crippen LogP contribution in [0.1, 0.15) is 6.92 Å². The van der Waals surface area contributed by atoms with E-state index in [0.717, 1.165) is 6.08 Å². The summed E-state index contributed by atoms with van der Waals surface area (Å²) >= 11 is 0. The number of aliphatic carboxylic acids is 1. The number of esters is 1. The fraction of sp³-hybridized carbons (Fsp3) is 0.143. The standard InChI is InChI=1S/C7H6O4/c1-2-5-11-7(10)4-3-6(8)9/h3-4H,1H3,(H,8,9)/b4-3-. The minimum Gasteiger partial charge on any atom is -0.478 e. The fourth-order valence-corrected chi connectivity index (χ4v) is 0.275. The number of carboxylic acid groups (broad SMARTS) is 1. The summed E-state index contributed by atoms with van der Waals surface area (Å²) in [6.07, 6.45) is 3.49. The number of rotatable bonds is 2. The van der Waals surface area contributed by atoms with E-state index in [1.807, 2.05) is 6.11 Å². The highest BCUT2D eigenvalue weighted by atomic mass is 16.5. The summed E-state index contributed by atoms with van der Waals surface area (Å²) in [6, 6.07) is 0. The molecule has 1 N–H and O–H groups in total. The molecule has 0 amide bonds. The van der Waals surface area contributed by atoms with Crippen molar-refractivity contribution in [3.63, 3.8) is 0 Å². The Morgan fingerprint density at radius 1 is 1.45 bits per heavy atom. The van der Waals surface area contributed by atoms with E-state index in [4.69, 9.17) is 5.11 Å². The van der Waals surface area contributed by atoms with Crippen molar-refractivity contribution >= 4 is 11.9 Å². The fourth-order valence-electron chi connectivity index (χ4n) is 0.275. The lowest BCUT2D eigenvalue weighted by molar-refractivity contribution is -0.134. The molecular formula is C7H6O4. The number of carbonyl (C=O) groups is 2. The lowest BCUT2D eigenvalue weighted by atomic mass is 10.5. The summed E-state index contributed by atoms with van der Waals surface area (Å²) in [5, 5.41) is 8.06. The normalized spacial score (nSPS) is 8.45. The second-order valence-corrected chi connectivity index (χ2v) is 1.44. The zero-order valence-corrected chi connectivity index (χ0v) is 5.83. The van der Waals surface area contributed by atoms with Crippen LogP contribution in [0.2, 0.25) is 0 Å². The molecule has 0 radical (unpaired) electrons. The van der Waals surface area contributed by atoms with E-state index in [9.17, 15) is 9.59 Å². The molecule has 0 aliphatic rings. The molecule has 58 valence electrons. The summed E-state index contributed by atoms with van der Waals surface area (Å²) in [4.78, 5) is 20.3. The Hall–Kier alpha value is -1.76. The molecule has 0 spiro atoms. The van der Waals surface area contributed by atoms with E-state index in [-0.39, 0.29) is 0 Å². The molecule has 0 unspecified atom stereocenters. The van der Waals surface area contributed by atoms with Gasteiger partial charge in [0.2, 0.25) is 0 Å². The van der Waals surface area contributed by atoms with Crippen molar-refractivity contribution in [3.8, 4) is 12.0 Å². The van der Waals surface area contributed by atoms with Gasteiger partial charge in [0, 0.05) is 19.1 Å². The Kier molecular flexibility index (Phi) is 4.25. The van der Waals surface area contributed by atoms with Crippen LogP contribution < -0.4 is 0 Å². The molecule has 0 atom stereocenters. The van der Waals surface area contributed by atoms with Crippen LogP contribution >= 0.6 is 0 Å². The molecule has 0 bridgehead atoms. The van der Waals surface area contributed by atoms with Crippen molar-refractivity contribution in [3.05, 3.63) is 12.2 Å². The van der Waals surface area contributed by atoms with Gasteiger partial charge in [-0.2, -0.15) is 0 Å². The molecule has 0 aromatic carbocycles. The Labute approximate surface area is 63.5 Å². The molecule has 4 heteroatoms. The van der Waals surface area contributed by atoms with E-state index < -0.39 is 11.9 Å². The molecule has 0 aliphatic heterocycles. The first-order valence-electron chi connectivity index (χ1n) is 2.70. The van der Waals surface area contributed by atoms with Crippen LogP contribution in [0.25, 0.3) is 0 Å². The van der Waals surface area contributed by atoms with Gasteiger partial charge in [0.1, 0.15) is 6.11 Å². The van der Waals surface area contributed by atoms with Crippen LogP contribution in [0, 0.1) is 12.0 Å². The van der Waals surface area contributed by atoms with Crippen molar-refractivity contribution in [2.75, 3.05) is 0 Å². The van der Waals surface area contributed by atoms with E-state index >= 15 is 0 Å². The van der Waals surface area contributed by atoms with Gasteiger partial charge in [-0.3, -0.25) is 0 Å². The molecule has 4 nitrogen and oxygen atoms in total. The molecule has 0 rings (SSSR count). The molecule has 0 saturated carbocycles. The Bertz CT molecular complexity index is 241.